The molecule has 10 nitrogen and oxygen atoms in total. The Kier molecular flexibility index (Phi) is 10.5. The van der Waals surface area contributed by atoms with E-state index in [-0.39, 0.29) is 39.0 Å². The molecule has 0 aliphatic rings. The predicted octanol–water partition coefficient (Wildman–Crippen LogP) is 1.38. The van der Waals surface area contributed by atoms with Crippen molar-refractivity contribution in [3.63, 3.8) is 0 Å². The number of aromatic nitrogens is 1. The number of hydrogen-bond donors (Lipinski definition) is 5. The highest BCUT2D eigenvalue weighted by atomic mass is 19.4. The van der Waals surface area contributed by atoms with Crippen LogP contribution in [0.1, 0.15) is 17.5 Å². The zero-order valence-corrected chi connectivity index (χ0v) is 21.7. The summed E-state index contributed by atoms with van der Waals surface area (Å²) in [6.07, 6.45) is -3.56. The lowest BCUT2D eigenvalue weighted by Crippen LogP contribution is -2.52. The molecule has 1 heterocycles. The Bertz CT molecular complexity index is 1310. The van der Waals surface area contributed by atoms with E-state index in [4.69, 9.17) is 17.2 Å². The van der Waals surface area contributed by atoms with Crippen LogP contribution in [0, 0.1) is 0 Å². The van der Waals surface area contributed by atoms with Crippen molar-refractivity contribution in [1.29, 1.82) is 0 Å². The van der Waals surface area contributed by atoms with Crippen LogP contribution in [0.25, 0.3) is 10.9 Å². The molecule has 3 rings (SSSR count). The van der Waals surface area contributed by atoms with Crippen LogP contribution in [0.5, 0.6) is 0 Å². The molecule has 8 N–H and O–H groups in total. The van der Waals surface area contributed by atoms with Crippen LogP contribution in [0.4, 0.5) is 18.9 Å². The fraction of sp³-hybridized carbons (Fsp3) is 0.333. The first kappa shape index (κ1) is 30.5. The van der Waals surface area contributed by atoms with Gasteiger partial charge in [-0.2, -0.15) is 13.2 Å². The minimum Gasteiger partial charge on any atom is -0.343 e. The predicted molar refractivity (Wildman–Crippen MR) is 145 cm³/mol. The number of fused-ring (bicyclic) bond motifs is 1. The van der Waals surface area contributed by atoms with Gasteiger partial charge < -0.3 is 32.7 Å². The molecule has 3 aromatic rings. The molecule has 2 atom stereocenters. The lowest BCUT2D eigenvalue weighted by atomic mass is 10.0. The number of alkyl halides is 3. The van der Waals surface area contributed by atoms with Gasteiger partial charge in [0.2, 0.25) is 17.7 Å². The van der Waals surface area contributed by atoms with Gasteiger partial charge >= 0.3 is 6.18 Å². The number of pyridine rings is 1. The summed E-state index contributed by atoms with van der Waals surface area (Å²) in [5.41, 5.74) is 17.6. The van der Waals surface area contributed by atoms with Gasteiger partial charge in [0.25, 0.3) is 0 Å². The van der Waals surface area contributed by atoms with E-state index >= 15 is 0 Å². The molecule has 0 aliphatic heterocycles. The largest absolute Gasteiger partial charge is 0.416 e. The van der Waals surface area contributed by atoms with E-state index in [1.807, 2.05) is 18.2 Å². The first-order chi connectivity index (χ1) is 19.0. The number of carbonyl (C=O) groups is 3. The SMILES string of the molecule is NCCN(CCN)C(=O)CC(N)C(=O)NC(Cc1ccc(C(F)(F)F)cc1)C(=O)Nc1cnc2ccccc2c1. The number of anilines is 1. The van der Waals surface area contributed by atoms with E-state index in [2.05, 4.69) is 15.6 Å². The first-order valence-corrected chi connectivity index (χ1v) is 12.6. The van der Waals surface area contributed by atoms with Gasteiger partial charge in [-0.15, -0.1) is 0 Å². The summed E-state index contributed by atoms with van der Waals surface area (Å²) in [7, 11) is 0. The smallest absolute Gasteiger partial charge is 0.343 e. The maximum absolute atomic E-state index is 13.3. The summed E-state index contributed by atoms with van der Waals surface area (Å²) in [6.45, 7) is 0.880. The van der Waals surface area contributed by atoms with Crippen LogP contribution in [0.15, 0.2) is 60.8 Å². The standard InChI is InChI=1S/C27H32F3N7O3/c28-27(29,30)19-7-5-17(6-8-19)13-23(26(40)35-20-14-18-3-1-2-4-22(18)34-16-20)36-25(39)21(33)15-24(38)37(11-9-31)12-10-32/h1-8,14,16,21,23H,9-13,15,31-33H2,(H,35,40)(H,36,39). The number of para-hydroxylation sites is 1. The minimum atomic E-state index is -4.52. The molecular weight excluding hydrogens is 527 g/mol. The second-order valence-corrected chi connectivity index (χ2v) is 9.13. The highest BCUT2D eigenvalue weighted by Gasteiger charge is 2.31. The molecule has 0 fully saturated rings. The van der Waals surface area contributed by atoms with Crippen molar-refractivity contribution < 1.29 is 27.6 Å². The fourth-order valence-electron chi connectivity index (χ4n) is 4.01. The average Bonchev–Trinajstić information content (AvgIpc) is 2.92. The normalized spacial score (nSPS) is 12.9. The number of amides is 3. The van der Waals surface area contributed by atoms with Crippen molar-refractivity contribution in [3.05, 3.63) is 71.9 Å². The van der Waals surface area contributed by atoms with Gasteiger partial charge in [0, 0.05) is 38.0 Å². The summed E-state index contributed by atoms with van der Waals surface area (Å²) in [5.74, 6) is -1.85. The van der Waals surface area contributed by atoms with E-state index in [0.717, 1.165) is 17.5 Å². The molecule has 1 aromatic heterocycles. The molecule has 2 aromatic carbocycles. The number of nitrogens with two attached hydrogens (primary N) is 3. The molecule has 2 unspecified atom stereocenters. The van der Waals surface area contributed by atoms with Crippen LogP contribution in [0.2, 0.25) is 0 Å². The molecule has 0 radical (unpaired) electrons. The maximum atomic E-state index is 13.3. The zero-order chi connectivity index (χ0) is 29.3. The topological polar surface area (TPSA) is 169 Å². The van der Waals surface area contributed by atoms with E-state index < -0.39 is 41.5 Å². The van der Waals surface area contributed by atoms with Crippen molar-refractivity contribution in [2.75, 3.05) is 31.5 Å². The van der Waals surface area contributed by atoms with Crippen LogP contribution in [0.3, 0.4) is 0 Å². The molecule has 0 spiro atoms. The Morgan fingerprint density at radius 3 is 2.23 bits per heavy atom. The minimum absolute atomic E-state index is 0.135. The van der Waals surface area contributed by atoms with E-state index in [0.29, 0.717) is 16.8 Å². The highest BCUT2D eigenvalue weighted by molar-refractivity contribution is 5.99. The fourth-order valence-corrected chi connectivity index (χ4v) is 4.01. The molecule has 214 valence electrons. The van der Waals surface area contributed by atoms with Gasteiger partial charge in [-0.1, -0.05) is 30.3 Å². The Balaban J connectivity index is 1.77. The number of nitrogens with zero attached hydrogens (tertiary/aromatic N) is 2. The Morgan fingerprint density at radius 2 is 1.60 bits per heavy atom. The molecule has 0 aliphatic carbocycles. The average molecular weight is 560 g/mol. The Morgan fingerprint density at radius 1 is 0.950 bits per heavy atom. The number of benzene rings is 2. The maximum Gasteiger partial charge on any atom is 0.416 e. The van der Waals surface area contributed by atoms with E-state index in [1.54, 1.807) is 12.1 Å². The van der Waals surface area contributed by atoms with Crippen LogP contribution in [-0.2, 0) is 27.0 Å². The lowest BCUT2D eigenvalue weighted by molar-refractivity contribution is -0.137. The van der Waals surface area contributed by atoms with Crippen molar-refractivity contribution in [2.24, 2.45) is 17.2 Å². The highest BCUT2D eigenvalue weighted by Crippen LogP contribution is 2.29. The molecule has 0 bridgehead atoms. The second kappa shape index (κ2) is 13.8. The summed E-state index contributed by atoms with van der Waals surface area (Å²) in [6, 6.07) is 10.7. The van der Waals surface area contributed by atoms with Gasteiger partial charge in [0.15, 0.2) is 0 Å². The molecule has 0 saturated carbocycles. The molecule has 3 amide bonds. The van der Waals surface area contributed by atoms with Crippen LogP contribution >= 0.6 is 0 Å². The van der Waals surface area contributed by atoms with Gasteiger partial charge in [-0.05, 0) is 29.8 Å². The molecule has 40 heavy (non-hydrogen) atoms. The third kappa shape index (κ3) is 8.46. The van der Waals surface area contributed by atoms with Crippen molar-refractivity contribution in [3.8, 4) is 0 Å². The van der Waals surface area contributed by atoms with Crippen LogP contribution < -0.4 is 27.8 Å². The summed E-state index contributed by atoms with van der Waals surface area (Å²) < 4.78 is 39.0. The van der Waals surface area contributed by atoms with E-state index in [9.17, 15) is 27.6 Å². The van der Waals surface area contributed by atoms with Crippen molar-refractivity contribution in [1.82, 2.24) is 15.2 Å². The molecular formula is C27H32F3N7O3. The molecule has 13 heteroatoms. The van der Waals surface area contributed by atoms with E-state index in [1.165, 1.54) is 23.2 Å². The number of nitrogens with one attached hydrogen (secondary N) is 2. The Labute approximate surface area is 229 Å². The summed E-state index contributed by atoms with van der Waals surface area (Å²) in [4.78, 5) is 44.5. The number of hydrogen-bond acceptors (Lipinski definition) is 7. The third-order valence-electron chi connectivity index (χ3n) is 6.09. The van der Waals surface area contributed by atoms with Crippen molar-refractivity contribution >= 4 is 34.3 Å². The molecule has 0 saturated heterocycles. The van der Waals surface area contributed by atoms with Crippen molar-refractivity contribution in [2.45, 2.75) is 31.1 Å². The number of carbonyl (C=O) groups excluding carboxylic acids is 3. The monoisotopic (exact) mass is 559 g/mol. The number of halogens is 3. The van der Waals surface area contributed by atoms with Gasteiger partial charge in [-0.3, -0.25) is 19.4 Å². The van der Waals surface area contributed by atoms with Gasteiger partial charge in [-0.25, -0.2) is 0 Å². The quantitative estimate of drug-likeness (QED) is 0.223. The van der Waals surface area contributed by atoms with Gasteiger partial charge in [0.05, 0.1) is 35.4 Å². The lowest BCUT2D eigenvalue weighted by Gasteiger charge is -2.24. The summed E-state index contributed by atoms with van der Waals surface area (Å²) >= 11 is 0. The third-order valence-corrected chi connectivity index (χ3v) is 6.09. The first-order valence-electron chi connectivity index (χ1n) is 12.6. The zero-order valence-electron chi connectivity index (χ0n) is 21.7. The number of rotatable bonds is 12. The summed E-state index contributed by atoms with van der Waals surface area (Å²) in [5, 5.41) is 5.99. The Hall–Kier alpha value is -4.07. The van der Waals surface area contributed by atoms with Gasteiger partial charge in [0.1, 0.15) is 6.04 Å². The second-order valence-electron chi connectivity index (χ2n) is 9.13. The van der Waals surface area contributed by atoms with Crippen LogP contribution in [-0.4, -0.2) is 65.9 Å².